The van der Waals surface area contributed by atoms with Crippen LogP contribution in [0.2, 0.25) is 0 Å². The second-order valence-corrected chi connectivity index (χ2v) is 7.23. The Bertz CT molecular complexity index is 510. The van der Waals surface area contributed by atoms with Crippen LogP contribution in [-0.2, 0) is 4.79 Å². The van der Waals surface area contributed by atoms with Crippen LogP contribution in [0.4, 0.5) is 5.69 Å². The molecule has 0 aliphatic heterocycles. The predicted octanol–water partition coefficient (Wildman–Crippen LogP) is 3.57. The van der Waals surface area contributed by atoms with Gasteiger partial charge in [-0.2, -0.15) is 0 Å². The molecule has 1 aromatic rings. The van der Waals surface area contributed by atoms with Crippen molar-refractivity contribution in [3.8, 4) is 0 Å². The van der Waals surface area contributed by atoms with E-state index in [1.807, 2.05) is 11.8 Å². The first-order valence-corrected chi connectivity index (χ1v) is 8.90. The summed E-state index contributed by atoms with van der Waals surface area (Å²) in [6.45, 7) is 2.05. The number of nitrogens with two attached hydrogens (primary N) is 1. The molecule has 1 aromatic carbocycles. The zero-order valence-electron chi connectivity index (χ0n) is 13.0. The molecule has 2 amide bonds. The predicted molar refractivity (Wildman–Crippen MR) is 92.1 cm³/mol. The summed E-state index contributed by atoms with van der Waals surface area (Å²) in [5, 5.41) is 3.53. The average molecular weight is 320 g/mol. The minimum Gasteiger partial charge on any atom is -0.366 e. The van der Waals surface area contributed by atoms with Crippen molar-refractivity contribution in [2.24, 2.45) is 5.73 Å². The Balaban J connectivity index is 1.91. The molecule has 1 unspecified atom stereocenters. The fourth-order valence-electron chi connectivity index (χ4n) is 2.72. The van der Waals surface area contributed by atoms with E-state index in [-0.39, 0.29) is 11.2 Å². The molecule has 1 aliphatic carbocycles. The topological polar surface area (TPSA) is 72.2 Å². The molecule has 0 aromatic heterocycles. The van der Waals surface area contributed by atoms with Crippen molar-refractivity contribution >= 4 is 29.3 Å². The molecular weight excluding hydrogens is 296 g/mol. The number of carbonyl (C=O) groups is 2. The van der Waals surface area contributed by atoms with E-state index in [0.29, 0.717) is 16.5 Å². The van der Waals surface area contributed by atoms with Crippen molar-refractivity contribution in [1.82, 2.24) is 0 Å². The van der Waals surface area contributed by atoms with Crippen LogP contribution in [0.25, 0.3) is 0 Å². The maximum atomic E-state index is 12.4. The molecule has 0 spiro atoms. The van der Waals surface area contributed by atoms with Crippen molar-refractivity contribution < 1.29 is 9.59 Å². The van der Waals surface area contributed by atoms with E-state index in [1.54, 1.807) is 24.3 Å². The molecular formula is C17H24N2O2S. The van der Waals surface area contributed by atoms with Gasteiger partial charge in [0.1, 0.15) is 0 Å². The van der Waals surface area contributed by atoms with E-state index < -0.39 is 5.91 Å². The average Bonchev–Trinajstić information content (AvgIpc) is 2.54. The number of thioether (sulfide) groups is 1. The van der Waals surface area contributed by atoms with Gasteiger partial charge < -0.3 is 11.1 Å². The quantitative estimate of drug-likeness (QED) is 0.841. The van der Waals surface area contributed by atoms with Gasteiger partial charge in [0, 0.05) is 16.5 Å². The lowest BCUT2D eigenvalue weighted by molar-refractivity contribution is -0.115. The molecule has 0 saturated heterocycles. The number of hydrogen-bond donors (Lipinski definition) is 2. The van der Waals surface area contributed by atoms with E-state index in [9.17, 15) is 9.59 Å². The van der Waals surface area contributed by atoms with Crippen LogP contribution in [0.1, 0.15) is 55.8 Å². The van der Waals surface area contributed by atoms with Crippen LogP contribution < -0.4 is 11.1 Å². The van der Waals surface area contributed by atoms with Gasteiger partial charge in [-0.05, 0) is 43.5 Å². The van der Waals surface area contributed by atoms with E-state index in [0.717, 1.165) is 6.42 Å². The number of hydrogen-bond acceptors (Lipinski definition) is 3. The van der Waals surface area contributed by atoms with E-state index in [2.05, 4.69) is 12.2 Å². The molecule has 1 atom stereocenters. The second-order valence-electron chi connectivity index (χ2n) is 5.72. The van der Waals surface area contributed by atoms with Gasteiger partial charge >= 0.3 is 0 Å². The molecule has 1 aliphatic rings. The Hall–Kier alpha value is -1.49. The summed E-state index contributed by atoms with van der Waals surface area (Å²) in [6.07, 6.45) is 7.16. The molecule has 0 radical (unpaired) electrons. The van der Waals surface area contributed by atoms with E-state index in [1.165, 1.54) is 32.1 Å². The molecule has 3 N–H and O–H groups in total. The van der Waals surface area contributed by atoms with Crippen LogP contribution in [0.15, 0.2) is 24.3 Å². The number of benzene rings is 1. The van der Waals surface area contributed by atoms with Gasteiger partial charge in [0.05, 0.1) is 5.25 Å². The van der Waals surface area contributed by atoms with Gasteiger partial charge in [0.2, 0.25) is 11.8 Å². The number of anilines is 1. The van der Waals surface area contributed by atoms with Gasteiger partial charge in [-0.25, -0.2) is 0 Å². The molecule has 120 valence electrons. The lowest BCUT2D eigenvalue weighted by atomic mass is 10.0. The Kier molecular flexibility index (Phi) is 6.31. The molecule has 0 bridgehead atoms. The van der Waals surface area contributed by atoms with Gasteiger partial charge in [-0.3, -0.25) is 9.59 Å². The van der Waals surface area contributed by atoms with E-state index >= 15 is 0 Å². The highest BCUT2D eigenvalue weighted by Crippen LogP contribution is 2.32. The van der Waals surface area contributed by atoms with Crippen molar-refractivity contribution in [3.05, 3.63) is 29.8 Å². The third-order valence-corrected chi connectivity index (χ3v) is 5.74. The van der Waals surface area contributed by atoms with Crippen LogP contribution in [0.3, 0.4) is 0 Å². The molecule has 5 heteroatoms. The third-order valence-electron chi connectivity index (χ3n) is 4.01. The van der Waals surface area contributed by atoms with Crippen LogP contribution in [0.5, 0.6) is 0 Å². The molecule has 2 rings (SSSR count). The third kappa shape index (κ3) is 4.77. The molecule has 0 heterocycles. The zero-order chi connectivity index (χ0) is 15.9. The van der Waals surface area contributed by atoms with Crippen LogP contribution in [-0.4, -0.2) is 22.3 Å². The highest BCUT2D eigenvalue weighted by atomic mass is 32.2. The Morgan fingerprint density at radius 3 is 2.41 bits per heavy atom. The number of nitrogens with one attached hydrogen (secondary N) is 1. The Labute approximate surface area is 136 Å². The summed E-state index contributed by atoms with van der Waals surface area (Å²) in [5.74, 6) is -0.415. The summed E-state index contributed by atoms with van der Waals surface area (Å²) in [5.41, 5.74) is 6.36. The maximum absolute atomic E-state index is 12.4. The minimum atomic E-state index is -0.461. The largest absolute Gasteiger partial charge is 0.366 e. The molecule has 4 nitrogen and oxygen atoms in total. The van der Waals surface area contributed by atoms with Gasteiger partial charge in [-0.1, -0.05) is 26.2 Å². The van der Waals surface area contributed by atoms with Crippen LogP contribution >= 0.6 is 11.8 Å². The first-order valence-electron chi connectivity index (χ1n) is 7.96. The van der Waals surface area contributed by atoms with Crippen molar-refractivity contribution in [3.63, 3.8) is 0 Å². The van der Waals surface area contributed by atoms with Crippen LogP contribution in [0, 0.1) is 0 Å². The summed E-state index contributed by atoms with van der Waals surface area (Å²) in [4.78, 5) is 23.5. The number of amides is 2. The highest BCUT2D eigenvalue weighted by molar-refractivity contribution is 8.01. The first kappa shape index (κ1) is 16.9. The standard InChI is InChI=1S/C17H24N2O2S/c1-2-15(22-14-6-4-3-5-7-14)17(21)19-13-10-8-12(9-11-13)16(18)20/h8-11,14-15H,2-7H2,1H3,(H2,18,20)(H,19,21). The highest BCUT2D eigenvalue weighted by Gasteiger charge is 2.23. The SMILES string of the molecule is CCC(SC1CCCCC1)C(=O)Nc1ccc(C(N)=O)cc1. The fourth-order valence-corrected chi connectivity index (χ4v) is 4.16. The summed E-state index contributed by atoms with van der Waals surface area (Å²) in [6, 6.07) is 6.70. The molecule has 1 saturated carbocycles. The fraction of sp³-hybridized carbons (Fsp3) is 0.529. The number of carbonyl (C=O) groups excluding carboxylic acids is 2. The Morgan fingerprint density at radius 2 is 1.86 bits per heavy atom. The van der Waals surface area contributed by atoms with Crippen molar-refractivity contribution in [2.75, 3.05) is 5.32 Å². The monoisotopic (exact) mass is 320 g/mol. The van der Waals surface area contributed by atoms with Gasteiger partial charge in [-0.15, -0.1) is 11.8 Å². The molecule has 22 heavy (non-hydrogen) atoms. The lowest BCUT2D eigenvalue weighted by Gasteiger charge is -2.25. The lowest BCUT2D eigenvalue weighted by Crippen LogP contribution is -2.27. The minimum absolute atomic E-state index is 0.0149. The van der Waals surface area contributed by atoms with Crippen molar-refractivity contribution in [2.45, 2.75) is 55.9 Å². The molecule has 1 fully saturated rings. The summed E-state index contributed by atoms with van der Waals surface area (Å²) < 4.78 is 0. The van der Waals surface area contributed by atoms with Crippen molar-refractivity contribution in [1.29, 1.82) is 0 Å². The normalized spacial score (nSPS) is 17.0. The smallest absolute Gasteiger partial charge is 0.248 e. The Morgan fingerprint density at radius 1 is 1.23 bits per heavy atom. The summed E-state index contributed by atoms with van der Waals surface area (Å²) >= 11 is 1.81. The number of rotatable bonds is 6. The second kappa shape index (κ2) is 8.22. The van der Waals surface area contributed by atoms with Gasteiger partial charge in [0.15, 0.2) is 0 Å². The number of primary amides is 1. The maximum Gasteiger partial charge on any atom is 0.248 e. The first-order chi connectivity index (χ1) is 10.6. The zero-order valence-corrected chi connectivity index (χ0v) is 13.8. The van der Waals surface area contributed by atoms with Gasteiger partial charge in [0.25, 0.3) is 0 Å². The van der Waals surface area contributed by atoms with E-state index in [4.69, 9.17) is 5.73 Å². The summed E-state index contributed by atoms with van der Waals surface area (Å²) in [7, 11) is 0.